The molecule has 32 heavy (non-hydrogen) atoms. The molecule has 0 saturated carbocycles. The smallest absolute Gasteiger partial charge is 0.266 e. The Labute approximate surface area is 190 Å². The van der Waals surface area contributed by atoms with Crippen molar-refractivity contribution in [2.24, 2.45) is 0 Å². The summed E-state index contributed by atoms with van der Waals surface area (Å²) in [5, 5.41) is 12.2. The Morgan fingerprint density at radius 2 is 1.84 bits per heavy atom. The number of nitrogens with zero attached hydrogens (tertiary/aromatic N) is 1. The molecular formula is C26H32N2O4. The highest BCUT2D eigenvalue weighted by molar-refractivity contribution is 6.09. The number of unbranched alkanes of at least 4 members (excludes halogenated alkanes) is 3. The van der Waals surface area contributed by atoms with Crippen LogP contribution in [0.4, 0.5) is 5.69 Å². The summed E-state index contributed by atoms with van der Waals surface area (Å²) in [6.07, 6.45) is 6.09. The Hall–Kier alpha value is -3.46. The summed E-state index contributed by atoms with van der Waals surface area (Å²) in [4.78, 5) is 12.6. The van der Waals surface area contributed by atoms with Crippen LogP contribution in [-0.4, -0.2) is 25.7 Å². The van der Waals surface area contributed by atoms with Gasteiger partial charge in [-0.3, -0.25) is 4.79 Å². The second-order valence-corrected chi connectivity index (χ2v) is 7.63. The van der Waals surface area contributed by atoms with Crippen molar-refractivity contribution in [3.05, 3.63) is 53.6 Å². The molecular weight excluding hydrogens is 404 g/mol. The van der Waals surface area contributed by atoms with E-state index in [1.54, 1.807) is 49.6 Å². The molecule has 1 amide bonds. The number of anilines is 1. The van der Waals surface area contributed by atoms with E-state index in [0.717, 1.165) is 12.8 Å². The van der Waals surface area contributed by atoms with E-state index in [-0.39, 0.29) is 11.7 Å². The van der Waals surface area contributed by atoms with Crippen LogP contribution in [0.2, 0.25) is 0 Å². The van der Waals surface area contributed by atoms with Crippen LogP contribution in [0.15, 0.2) is 48.0 Å². The molecule has 0 aliphatic carbocycles. The van der Waals surface area contributed by atoms with Gasteiger partial charge < -0.3 is 19.5 Å². The van der Waals surface area contributed by atoms with Gasteiger partial charge in [-0.2, -0.15) is 5.26 Å². The predicted octanol–water partition coefficient (Wildman–Crippen LogP) is 5.99. The fourth-order valence-corrected chi connectivity index (χ4v) is 3.01. The van der Waals surface area contributed by atoms with Crippen LogP contribution in [0.25, 0.3) is 6.08 Å². The van der Waals surface area contributed by atoms with Crippen LogP contribution in [0, 0.1) is 11.3 Å². The van der Waals surface area contributed by atoms with Gasteiger partial charge in [0.05, 0.1) is 19.8 Å². The number of rotatable bonds is 12. The molecule has 170 valence electrons. The third-order valence-corrected chi connectivity index (χ3v) is 4.60. The summed E-state index contributed by atoms with van der Waals surface area (Å²) < 4.78 is 16.8. The van der Waals surface area contributed by atoms with E-state index in [9.17, 15) is 10.1 Å². The van der Waals surface area contributed by atoms with Crippen molar-refractivity contribution in [1.29, 1.82) is 5.26 Å². The van der Waals surface area contributed by atoms with Gasteiger partial charge in [-0.15, -0.1) is 0 Å². The lowest BCUT2D eigenvalue weighted by atomic mass is 10.1. The van der Waals surface area contributed by atoms with Gasteiger partial charge in [0, 0.05) is 5.69 Å². The summed E-state index contributed by atoms with van der Waals surface area (Å²) in [5.74, 6) is 1.44. The highest BCUT2D eigenvalue weighted by Gasteiger charge is 2.12. The predicted molar refractivity (Wildman–Crippen MR) is 127 cm³/mol. The van der Waals surface area contributed by atoms with Gasteiger partial charge in [0.15, 0.2) is 11.5 Å². The van der Waals surface area contributed by atoms with Gasteiger partial charge >= 0.3 is 0 Å². The first-order valence-corrected chi connectivity index (χ1v) is 11.0. The second-order valence-electron chi connectivity index (χ2n) is 7.63. The van der Waals surface area contributed by atoms with Crippen LogP contribution in [0.5, 0.6) is 17.2 Å². The third-order valence-electron chi connectivity index (χ3n) is 4.60. The first-order valence-electron chi connectivity index (χ1n) is 11.0. The lowest BCUT2D eigenvalue weighted by molar-refractivity contribution is -0.112. The van der Waals surface area contributed by atoms with Gasteiger partial charge in [0.2, 0.25) is 0 Å². The molecule has 0 atom stereocenters. The van der Waals surface area contributed by atoms with Crippen molar-refractivity contribution in [1.82, 2.24) is 0 Å². The second kappa shape index (κ2) is 13.1. The van der Waals surface area contributed by atoms with E-state index in [2.05, 4.69) is 12.2 Å². The van der Waals surface area contributed by atoms with E-state index in [0.29, 0.717) is 35.1 Å². The molecule has 0 radical (unpaired) electrons. The molecule has 0 aliphatic heterocycles. The van der Waals surface area contributed by atoms with Crippen molar-refractivity contribution >= 4 is 17.7 Å². The Balaban J connectivity index is 2.06. The molecule has 0 aliphatic rings. The summed E-state index contributed by atoms with van der Waals surface area (Å²) in [6, 6.07) is 14.3. The maximum absolute atomic E-state index is 12.6. The standard InChI is InChI=1S/C26H32N2O4/c1-5-6-7-8-15-31-24-14-9-20(17-25(24)30-4)16-21(18-27)26(29)28-22-10-12-23(13-11-22)32-19(2)3/h9-14,16-17,19H,5-8,15H2,1-4H3,(H,28,29). The fourth-order valence-electron chi connectivity index (χ4n) is 3.01. The molecule has 0 aromatic heterocycles. The topological polar surface area (TPSA) is 80.6 Å². The third kappa shape index (κ3) is 7.99. The molecule has 0 saturated heterocycles. The highest BCUT2D eigenvalue weighted by Crippen LogP contribution is 2.29. The Bertz CT molecular complexity index is 943. The number of hydrogen-bond donors (Lipinski definition) is 1. The van der Waals surface area contributed by atoms with E-state index >= 15 is 0 Å². The number of carbonyl (C=O) groups excluding carboxylic acids is 1. The Morgan fingerprint density at radius 1 is 1.09 bits per heavy atom. The molecule has 2 aromatic rings. The van der Waals surface area contributed by atoms with Crippen LogP contribution in [0.1, 0.15) is 52.0 Å². The van der Waals surface area contributed by atoms with Gasteiger partial charge in [0.25, 0.3) is 5.91 Å². The minimum atomic E-state index is -0.486. The highest BCUT2D eigenvalue weighted by atomic mass is 16.5. The van der Waals surface area contributed by atoms with Crippen LogP contribution in [-0.2, 0) is 4.79 Å². The summed E-state index contributed by atoms with van der Waals surface area (Å²) in [5.41, 5.74) is 1.24. The zero-order valence-corrected chi connectivity index (χ0v) is 19.3. The number of carbonyl (C=O) groups is 1. The minimum Gasteiger partial charge on any atom is -0.493 e. The van der Waals surface area contributed by atoms with E-state index in [1.807, 2.05) is 19.9 Å². The van der Waals surface area contributed by atoms with Crippen molar-refractivity contribution < 1.29 is 19.0 Å². The van der Waals surface area contributed by atoms with Crippen molar-refractivity contribution in [2.75, 3.05) is 19.0 Å². The van der Waals surface area contributed by atoms with E-state index < -0.39 is 5.91 Å². The van der Waals surface area contributed by atoms with Crippen LogP contribution in [0.3, 0.4) is 0 Å². The zero-order chi connectivity index (χ0) is 23.3. The maximum Gasteiger partial charge on any atom is 0.266 e. The Morgan fingerprint density at radius 3 is 2.47 bits per heavy atom. The molecule has 6 nitrogen and oxygen atoms in total. The monoisotopic (exact) mass is 436 g/mol. The number of hydrogen-bond acceptors (Lipinski definition) is 5. The number of benzene rings is 2. The fraction of sp³-hybridized carbons (Fsp3) is 0.385. The maximum atomic E-state index is 12.6. The SMILES string of the molecule is CCCCCCOc1ccc(C=C(C#N)C(=O)Nc2ccc(OC(C)C)cc2)cc1OC. The first-order chi connectivity index (χ1) is 15.5. The van der Waals surface area contributed by atoms with Gasteiger partial charge in [-0.1, -0.05) is 32.3 Å². The summed E-state index contributed by atoms with van der Waals surface area (Å²) in [7, 11) is 1.57. The van der Waals surface area contributed by atoms with Crippen molar-refractivity contribution in [2.45, 2.75) is 52.6 Å². The number of methoxy groups -OCH3 is 1. The quantitative estimate of drug-likeness (QED) is 0.251. The van der Waals surface area contributed by atoms with Crippen molar-refractivity contribution in [3.8, 4) is 23.3 Å². The lowest BCUT2D eigenvalue weighted by Crippen LogP contribution is -2.13. The average Bonchev–Trinajstić information content (AvgIpc) is 2.78. The van der Waals surface area contributed by atoms with Gasteiger partial charge in [-0.25, -0.2) is 0 Å². The zero-order valence-electron chi connectivity index (χ0n) is 19.3. The number of ether oxygens (including phenoxy) is 3. The largest absolute Gasteiger partial charge is 0.493 e. The lowest BCUT2D eigenvalue weighted by Gasteiger charge is -2.12. The normalized spacial score (nSPS) is 11.1. The molecule has 0 spiro atoms. The molecule has 0 fully saturated rings. The average molecular weight is 437 g/mol. The molecule has 2 rings (SSSR count). The van der Waals surface area contributed by atoms with Crippen molar-refractivity contribution in [3.63, 3.8) is 0 Å². The molecule has 1 N–H and O–H groups in total. The Kier molecular flexibility index (Phi) is 10.1. The van der Waals surface area contributed by atoms with Gasteiger partial charge in [-0.05, 0) is 68.3 Å². The number of nitrogens with one attached hydrogen (secondary N) is 1. The van der Waals surface area contributed by atoms with E-state index in [1.165, 1.54) is 18.9 Å². The van der Waals surface area contributed by atoms with E-state index in [4.69, 9.17) is 14.2 Å². The molecule has 6 heteroatoms. The van der Waals surface area contributed by atoms with Crippen LogP contribution >= 0.6 is 0 Å². The van der Waals surface area contributed by atoms with Crippen LogP contribution < -0.4 is 19.5 Å². The molecule has 0 heterocycles. The number of nitriles is 1. The number of amides is 1. The summed E-state index contributed by atoms with van der Waals surface area (Å²) in [6.45, 7) is 6.69. The first kappa shape index (κ1) is 24.8. The molecule has 0 unspecified atom stereocenters. The molecule has 2 aromatic carbocycles. The summed E-state index contributed by atoms with van der Waals surface area (Å²) >= 11 is 0. The molecule has 0 bridgehead atoms. The van der Waals surface area contributed by atoms with Gasteiger partial charge in [0.1, 0.15) is 17.4 Å². The minimum absolute atomic E-state index is 0.0113.